The van der Waals surface area contributed by atoms with Crippen molar-refractivity contribution in [2.24, 2.45) is 0 Å². The molecule has 0 fully saturated rings. The molecule has 0 unspecified atom stereocenters. The molecule has 0 aliphatic carbocycles. The van der Waals surface area contributed by atoms with Gasteiger partial charge in [-0.25, -0.2) is 0 Å². The minimum atomic E-state index is -0.548. The van der Waals surface area contributed by atoms with Crippen LogP contribution in [0.5, 0.6) is 0 Å². The van der Waals surface area contributed by atoms with Gasteiger partial charge < -0.3 is 10.6 Å². The number of nitrogens with one attached hydrogen (secondary N) is 3. The number of Topliss-reactive ketones (excluding diaryl/α,β-unsaturated/α-hetero) is 1. The molecule has 0 bridgehead atoms. The Morgan fingerprint density at radius 1 is 1.03 bits per heavy atom. The number of carbonyl (C=O) groups is 3. The molecule has 2 aromatic carbocycles. The SMILES string of the molecule is CCC(=O)Nc1ccccc1-c1nnc(S[C@H](CC)C(=O)Nc2cccc(C(C)=O)c2)[nH]c1=O. The van der Waals surface area contributed by atoms with Gasteiger partial charge in [0.2, 0.25) is 11.8 Å². The summed E-state index contributed by atoms with van der Waals surface area (Å²) in [5.41, 5.74) is 1.50. The summed E-state index contributed by atoms with van der Waals surface area (Å²) in [5, 5.41) is 13.4. The van der Waals surface area contributed by atoms with Gasteiger partial charge in [0.05, 0.1) is 10.9 Å². The molecule has 3 aromatic rings. The van der Waals surface area contributed by atoms with Crippen molar-refractivity contribution in [3.63, 3.8) is 0 Å². The molecule has 1 aromatic heterocycles. The number of H-pyrrole nitrogens is 1. The van der Waals surface area contributed by atoms with Gasteiger partial charge in [-0.3, -0.25) is 24.2 Å². The fourth-order valence-corrected chi connectivity index (χ4v) is 3.93. The molecule has 0 spiro atoms. The van der Waals surface area contributed by atoms with Crippen molar-refractivity contribution in [2.45, 2.75) is 44.0 Å². The summed E-state index contributed by atoms with van der Waals surface area (Å²) < 4.78 is 0. The number of anilines is 2. The van der Waals surface area contributed by atoms with Crippen molar-refractivity contribution < 1.29 is 14.4 Å². The van der Waals surface area contributed by atoms with E-state index in [-0.39, 0.29) is 28.4 Å². The number of ketones is 1. The average Bonchev–Trinajstić information content (AvgIpc) is 2.83. The molecule has 0 radical (unpaired) electrons. The van der Waals surface area contributed by atoms with Crippen LogP contribution in [-0.2, 0) is 9.59 Å². The standard InChI is InChI=1S/C24H25N5O4S/c1-4-19(22(32)25-16-10-8-9-15(13-16)14(3)30)34-24-27-23(33)21(28-29-24)17-11-6-7-12-18(17)26-20(31)5-2/h6-13,19H,4-5H2,1-3H3,(H,25,32)(H,26,31)(H,27,29,33)/t19-/m1/s1. The predicted molar refractivity (Wildman–Crippen MR) is 132 cm³/mol. The van der Waals surface area contributed by atoms with Gasteiger partial charge in [0.1, 0.15) is 0 Å². The fourth-order valence-electron chi connectivity index (χ4n) is 3.08. The maximum atomic E-state index is 12.8. The van der Waals surface area contributed by atoms with E-state index in [0.717, 1.165) is 11.8 Å². The van der Waals surface area contributed by atoms with Crippen molar-refractivity contribution >= 4 is 40.7 Å². The molecule has 3 N–H and O–H groups in total. The van der Waals surface area contributed by atoms with E-state index >= 15 is 0 Å². The maximum Gasteiger partial charge on any atom is 0.278 e. The first-order chi connectivity index (χ1) is 16.3. The molecule has 1 atom stereocenters. The molecule has 9 nitrogen and oxygen atoms in total. The molecule has 1 heterocycles. The zero-order valence-electron chi connectivity index (χ0n) is 19.0. The van der Waals surface area contributed by atoms with Crippen molar-refractivity contribution in [3.8, 4) is 11.3 Å². The molecule has 10 heteroatoms. The second-order valence-electron chi connectivity index (χ2n) is 7.40. The van der Waals surface area contributed by atoms with Crippen LogP contribution in [0.4, 0.5) is 11.4 Å². The molecule has 34 heavy (non-hydrogen) atoms. The van der Waals surface area contributed by atoms with Crippen LogP contribution in [0, 0.1) is 0 Å². The highest BCUT2D eigenvalue weighted by molar-refractivity contribution is 8.00. The van der Waals surface area contributed by atoms with E-state index in [4.69, 9.17) is 0 Å². The number of hydrogen-bond donors (Lipinski definition) is 3. The van der Waals surface area contributed by atoms with Crippen LogP contribution >= 0.6 is 11.8 Å². The van der Waals surface area contributed by atoms with Crippen LogP contribution in [0.25, 0.3) is 11.3 Å². The molecule has 0 aliphatic rings. The Morgan fingerprint density at radius 2 is 1.79 bits per heavy atom. The Balaban J connectivity index is 1.78. The minimum absolute atomic E-state index is 0.0647. The van der Waals surface area contributed by atoms with Crippen LogP contribution in [-0.4, -0.2) is 38.0 Å². The summed E-state index contributed by atoms with van der Waals surface area (Å²) in [6.07, 6.45) is 0.770. The van der Waals surface area contributed by atoms with E-state index in [1.165, 1.54) is 6.92 Å². The smallest absolute Gasteiger partial charge is 0.278 e. The average molecular weight is 480 g/mol. The third kappa shape index (κ3) is 6.16. The van der Waals surface area contributed by atoms with Crippen molar-refractivity contribution in [1.29, 1.82) is 0 Å². The summed E-state index contributed by atoms with van der Waals surface area (Å²) >= 11 is 1.09. The second-order valence-corrected chi connectivity index (χ2v) is 8.59. The van der Waals surface area contributed by atoms with Gasteiger partial charge >= 0.3 is 0 Å². The number of carbonyl (C=O) groups excluding carboxylic acids is 3. The number of para-hydroxylation sites is 1. The Morgan fingerprint density at radius 3 is 2.47 bits per heavy atom. The summed E-state index contributed by atoms with van der Waals surface area (Å²) in [6, 6.07) is 13.5. The van der Waals surface area contributed by atoms with Crippen LogP contribution in [0.1, 0.15) is 44.0 Å². The van der Waals surface area contributed by atoms with Gasteiger partial charge in [0.15, 0.2) is 16.6 Å². The highest BCUT2D eigenvalue weighted by atomic mass is 32.2. The highest BCUT2D eigenvalue weighted by Gasteiger charge is 2.21. The zero-order chi connectivity index (χ0) is 24.7. The molecule has 176 valence electrons. The van der Waals surface area contributed by atoms with E-state index in [0.29, 0.717) is 35.3 Å². The Kier molecular flexibility index (Phi) is 8.31. The van der Waals surface area contributed by atoms with E-state index in [2.05, 4.69) is 25.8 Å². The number of rotatable bonds is 9. The quantitative estimate of drug-likeness (QED) is 0.313. The predicted octanol–water partition coefficient (Wildman–Crippen LogP) is 3.89. The number of amides is 2. The van der Waals surface area contributed by atoms with Crippen molar-refractivity contribution in [3.05, 3.63) is 64.4 Å². The summed E-state index contributed by atoms with van der Waals surface area (Å²) in [5.74, 6) is -0.566. The van der Waals surface area contributed by atoms with E-state index < -0.39 is 10.8 Å². The van der Waals surface area contributed by atoms with Gasteiger partial charge in [0, 0.05) is 23.2 Å². The summed E-state index contributed by atoms with van der Waals surface area (Å²) in [7, 11) is 0. The van der Waals surface area contributed by atoms with Crippen LogP contribution in [0.2, 0.25) is 0 Å². The Hall–Kier alpha value is -3.79. The number of aromatic nitrogens is 3. The van der Waals surface area contributed by atoms with Crippen molar-refractivity contribution in [2.75, 3.05) is 10.6 Å². The van der Waals surface area contributed by atoms with E-state index in [9.17, 15) is 19.2 Å². The summed E-state index contributed by atoms with van der Waals surface area (Å²) in [6.45, 7) is 5.03. The largest absolute Gasteiger partial charge is 0.325 e. The van der Waals surface area contributed by atoms with Crippen LogP contribution < -0.4 is 16.2 Å². The van der Waals surface area contributed by atoms with Gasteiger partial charge in [-0.1, -0.05) is 55.9 Å². The molecule has 0 aliphatic heterocycles. The van der Waals surface area contributed by atoms with Crippen LogP contribution in [0.15, 0.2) is 58.5 Å². The lowest BCUT2D eigenvalue weighted by Gasteiger charge is -2.14. The third-order valence-corrected chi connectivity index (χ3v) is 6.15. The first-order valence-corrected chi connectivity index (χ1v) is 11.6. The van der Waals surface area contributed by atoms with E-state index in [1.54, 1.807) is 55.5 Å². The lowest BCUT2D eigenvalue weighted by Crippen LogP contribution is -2.25. The Labute approximate surface area is 200 Å². The first-order valence-electron chi connectivity index (χ1n) is 10.8. The molecule has 0 saturated heterocycles. The zero-order valence-corrected chi connectivity index (χ0v) is 19.9. The third-order valence-electron chi connectivity index (χ3n) is 4.91. The number of benzene rings is 2. The Bertz CT molecular complexity index is 1270. The molecular weight excluding hydrogens is 454 g/mol. The first kappa shape index (κ1) is 24.8. The minimum Gasteiger partial charge on any atom is -0.325 e. The number of thioether (sulfide) groups is 1. The van der Waals surface area contributed by atoms with Crippen molar-refractivity contribution in [1.82, 2.24) is 15.2 Å². The summed E-state index contributed by atoms with van der Waals surface area (Å²) in [4.78, 5) is 51.6. The monoisotopic (exact) mass is 479 g/mol. The van der Waals surface area contributed by atoms with Gasteiger partial charge in [0.25, 0.3) is 5.56 Å². The lowest BCUT2D eigenvalue weighted by molar-refractivity contribution is -0.116. The number of nitrogens with zero attached hydrogens (tertiary/aromatic N) is 2. The number of hydrogen-bond acceptors (Lipinski definition) is 7. The van der Waals surface area contributed by atoms with Gasteiger partial charge in [-0.2, -0.15) is 0 Å². The van der Waals surface area contributed by atoms with E-state index in [1.807, 2.05) is 6.92 Å². The lowest BCUT2D eigenvalue weighted by atomic mass is 10.1. The molecule has 0 saturated carbocycles. The molecule has 2 amide bonds. The van der Waals surface area contributed by atoms with Gasteiger partial charge in [-0.15, -0.1) is 10.2 Å². The van der Waals surface area contributed by atoms with Gasteiger partial charge in [-0.05, 0) is 31.5 Å². The highest BCUT2D eigenvalue weighted by Crippen LogP contribution is 2.26. The molecular formula is C24H25N5O4S. The normalized spacial score (nSPS) is 11.5. The fraction of sp³-hybridized carbons (Fsp3) is 0.250. The topological polar surface area (TPSA) is 134 Å². The maximum absolute atomic E-state index is 12.8. The number of aromatic amines is 1. The molecule has 3 rings (SSSR count). The van der Waals surface area contributed by atoms with Crippen LogP contribution in [0.3, 0.4) is 0 Å². The second kappa shape index (κ2) is 11.4.